The van der Waals surface area contributed by atoms with Crippen molar-refractivity contribution in [3.05, 3.63) is 30.0 Å². The molecule has 0 saturated heterocycles. The van der Waals surface area contributed by atoms with Crippen molar-refractivity contribution in [3.63, 3.8) is 0 Å². The van der Waals surface area contributed by atoms with Crippen LogP contribution in [0.5, 0.6) is 0 Å². The molecule has 1 rings (SSSR count). The Hall–Kier alpha value is -2.10. The van der Waals surface area contributed by atoms with Gasteiger partial charge in [0.25, 0.3) is 0 Å². The first-order valence-electron chi connectivity index (χ1n) is 7.01. The van der Waals surface area contributed by atoms with Crippen LogP contribution in [0.1, 0.15) is 37.2 Å². The fraction of sp³-hybridized carbons (Fsp3) is 0.500. The van der Waals surface area contributed by atoms with Crippen LogP contribution in [0.15, 0.2) is 22.8 Å². The van der Waals surface area contributed by atoms with Crippen molar-refractivity contribution in [3.8, 4) is 11.8 Å². The number of carboxylic acid groups (broad SMARTS) is 1. The molecule has 120 valence electrons. The highest BCUT2D eigenvalue weighted by molar-refractivity contribution is 5.83. The van der Waals surface area contributed by atoms with Gasteiger partial charge in [0.15, 0.2) is 0 Å². The van der Waals surface area contributed by atoms with Crippen LogP contribution in [0.2, 0.25) is 0 Å². The van der Waals surface area contributed by atoms with Crippen molar-refractivity contribution in [2.75, 3.05) is 20.2 Å². The Morgan fingerprint density at radius 3 is 2.86 bits per heavy atom. The average molecular weight is 306 g/mol. The van der Waals surface area contributed by atoms with E-state index < -0.39 is 11.6 Å². The van der Waals surface area contributed by atoms with E-state index in [1.54, 1.807) is 13.2 Å². The highest BCUT2D eigenvalue weighted by Crippen LogP contribution is 2.07. The summed E-state index contributed by atoms with van der Waals surface area (Å²) in [5.74, 6) is 5.06. The van der Waals surface area contributed by atoms with E-state index in [-0.39, 0.29) is 5.76 Å². The molecule has 0 atom stereocenters. The molecule has 0 amide bonds. The van der Waals surface area contributed by atoms with Gasteiger partial charge in [-0.15, -0.1) is 0 Å². The Kier molecular flexibility index (Phi) is 6.83. The average Bonchev–Trinajstić information content (AvgIpc) is 2.94. The monoisotopic (exact) mass is 306 g/mol. The number of rotatable bonds is 7. The number of oxazole rings is 1. The summed E-state index contributed by atoms with van der Waals surface area (Å²) in [5, 5.41) is 8.79. The number of nitrogens with zero attached hydrogens (tertiary/aromatic N) is 2. The molecule has 6 nitrogen and oxygen atoms in total. The maximum atomic E-state index is 10.7. The van der Waals surface area contributed by atoms with E-state index in [0.717, 1.165) is 6.54 Å². The highest BCUT2D eigenvalue weighted by Gasteiger charge is 2.12. The number of likely N-dealkylation sites (N-methyl/N-ethyl adjacent to an activating group) is 1. The lowest BCUT2D eigenvalue weighted by Crippen LogP contribution is -2.23. The zero-order valence-corrected chi connectivity index (χ0v) is 13.4. The molecule has 0 spiro atoms. The molecule has 0 radical (unpaired) electrons. The SMILES string of the molecule is CCN(CC=CC#CC(C)(C)OC)Cc1ncc(C(=O)O)o1. The van der Waals surface area contributed by atoms with Crippen LogP contribution in [0.4, 0.5) is 0 Å². The second kappa shape index (κ2) is 8.37. The number of methoxy groups -OCH3 is 1. The minimum Gasteiger partial charge on any atom is -0.475 e. The lowest BCUT2D eigenvalue weighted by atomic mass is 10.1. The summed E-state index contributed by atoms with van der Waals surface area (Å²) in [4.78, 5) is 16.7. The standard InChI is InChI=1S/C16H22N2O4/c1-5-18(10-8-6-7-9-16(2,3)21-4)12-14-17-11-13(22-14)15(19)20/h6,8,11H,5,10,12H2,1-4H3,(H,19,20). The summed E-state index contributed by atoms with van der Waals surface area (Å²) in [6.45, 7) is 7.71. The van der Waals surface area contributed by atoms with Gasteiger partial charge >= 0.3 is 5.97 Å². The summed E-state index contributed by atoms with van der Waals surface area (Å²) in [7, 11) is 1.62. The van der Waals surface area contributed by atoms with Crippen molar-refractivity contribution >= 4 is 5.97 Å². The fourth-order valence-corrected chi connectivity index (χ4v) is 1.51. The number of carbonyl (C=O) groups is 1. The van der Waals surface area contributed by atoms with Crippen LogP contribution in [-0.2, 0) is 11.3 Å². The van der Waals surface area contributed by atoms with Crippen molar-refractivity contribution in [1.82, 2.24) is 9.88 Å². The van der Waals surface area contributed by atoms with Gasteiger partial charge in [-0.2, -0.15) is 0 Å². The van der Waals surface area contributed by atoms with Crippen LogP contribution in [0.25, 0.3) is 0 Å². The lowest BCUT2D eigenvalue weighted by molar-refractivity contribution is 0.0658. The molecule has 0 aliphatic heterocycles. The van der Waals surface area contributed by atoms with Gasteiger partial charge in [-0.05, 0) is 26.5 Å². The van der Waals surface area contributed by atoms with Gasteiger partial charge in [0.2, 0.25) is 11.7 Å². The van der Waals surface area contributed by atoms with Crippen molar-refractivity contribution in [2.24, 2.45) is 0 Å². The molecule has 0 aliphatic carbocycles. The second-order valence-corrected chi connectivity index (χ2v) is 5.14. The molecule has 6 heteroatoms. The normalized spacial score (nSPS) is 11.7. The Bertz CT molecular complexity index is 578. The van der Waals surface area contributed by atoms with Crippen LogP contribution in [0, 0.1) is 11.8 Å². The van der Waals surface area contributed by atoms with Gasteiger partial charge < -0.3 is 14.3 Å². The first-order chi connectivity index (χ1) is 10.4. The van der Waals surface area contributed by atoms with Crippen molar-refractivity contribution in [1.29, 1.82) is 0 Å². The highest BCUT2D eigenvalue weighted by atomic mass is 16.5. The Morgan fingerprint density at radius 1 is 1.59 bits per heavy atom. The molecule has 0 unspecified atom stereocenters. The maximum Gasteiger partial charge on any atom is 0.373 e. The van der Waals surface area contributed by atoms with Crippen LogP contribution in [0.3, 0.4) is 0 Å². The number of hydrogen-bond donors (Lipinski definition) is 1. The summed E-state index contributed by atoms with van der Waals surface area (Å²) in [6.07, 6.45) is 4.94. The topological polar surface area (TPSA) is 75.8 Å². The predicted octanol–water partition coefficient (Wildman–Crippen LogP) is 2.18. The van der Waals surface area contributed by atoms with E-state index in [9.17, 15) is 4.79 Å². The quantitative estimate of drug-likeness (QED) is 0.778. The number of carboxylic acids is 1. The van der Waals surface area contributed by atoms with Crippen molar-refractivity contribution in [2.45, 2.75) is 32.9 Å². The first-order valence-corrected chi connectivity index (χ1v) is 7.01. The minimum absolute atomic E-state index is 0.144. The predicted molar refractivity (Wildman–Crippen MR) is 82.4 cm³/mol. The summed E-state index contributed by atoms with van der Waals surface area (Å²) < 4.78 is 10.3. The zero-order chi connectivity index (χ0) is 16.6. The molecule has 1 heterocycles. The fourth-order valence-electron chi connectivity index (χ4n) is 1.51. The summed E-state index contributed by atoms with van der Waals surface area (Å²) in [6, 6.07) is 0. The number of aromatic carboxylic acids is 1. The van der Waals surface area contributed by atoms with Gasteiger partial charge in [-0.25, -0.2) is 9.78 Å². The third-order valence-electron chi connectivity index (χ3n) is 3.02. The third kappa shape index (κ3) is 6.12. The third-order valence-corrected chi connectivity index (χ3v) is 3.02. The Labute approximate surface area is 130 Å². The maximum absolute atomic E-state index is 10.7. The molecule has 0 fully saturated rings. The number of hydrogen-bond acceptors (Lipinski definition) is 5. The van der Waals surface area contributed by atoms with E-state index in [1.165, 1.54) is 6.20 Å². The van der Waals surface area contributed by atoms with E-state index in [1.807, 2.05) is 26.8 Å². The summed E-state index contributed by atoms with van der Waals surface area (Å²) >= 11 is 0. The molecule has 0 bridgehead atoms. The van der Waals surface area contributed by atoms with Gasteiger partial charge in [-0.3, -0.25) is 4.90 Å². The number of ether oxygens (including phenoxy) is 1. The van der Waals surface area contributed by atoms with Gasteiger partial charge in [0.1, 0.15) is 5.60 Å². The molecule has 1 N–H and O–H groups in total. The van der Waals surface area contributed by atoms with E-state index >= 15 is 0 Å². The Balaban J connectivity index is 2.53. The van der Waals surface area contributed by atoms with Crippen LogP contribution in [-0.4, -0.2) is 46.8 Å². The molecule has 1 aromatic rings. The van der Waals surface area contributed by atoms with Gasteiger partial charge in [0.05, 0.1) is 12.7 Å². The van der Waals surface area contributed by atoms with E-state index in [2.05, 4.69) is 21.7 Å². The van der Waals surface area contributed by atoms with Gasteiger partial charge in [0, 0.05) is 13.7 Å². The number of allylic oxidation sites excluding steroid dienone is 1. The molecular formula is C16H22N2O4. The zero-order valence-electron chi connectivity index (χ0n) is 13.4. The largest absolute Gasteiger partial charge is 0.475 e. The Morgan fingerprint density at radius 2 is 2.32 bits per heavy atom. The lowest BCUT2D eigenvalue weighted by Gasteiger charge is -2.15. The molecule has 22 heavy (non-hydrogen) atoms. The first kappa shape index (κ1) is 18.0. The van der Waals surface area contributed by atoms with Crippen molar-refractivity contribution < 1.29 is 19.1 Å². The second-order valence-electron chi connectivity index (χ2n) is 5.14. The van der Waals surface area contributed by atoms with E-state index in [0.29, 0.717) is 19.0 Å². The van der Waals surface area contributed by atoms with Crippen LogP contribution >= 0.6 is 0 Å². The molecular weight excluding hydrogens is 284 g/mol. The smallest absolute Gasteiger partial charge is 0.373 e. The van der Waals surface area contributed by atoms with E-state index in [4.69, 9.17) is 14.3 Å². The summed E-state index contributed by atoms with van der Waals surface area (Å²) in [5.41, 5.74) is -0.458. The minimum atomic E-state index is -1.11. The van der Waals surface area contributed by atoms with Gasteiger partial charge in [-0.1, -0.05) is 24.8 Å². The molecule has 0 aliphatic rings. The molecule has 0 aromatic carbocycles. The molecule has 1 aromatic heterocycles. The molecule has 0 saturated carbocycles. The number of aromatic nitrogens is 1. The van der Waals surface area contributed by atoms with Crippen LogP contribution < -0.4 is 0 Å².